The van der Waals surface area contributed by atoms with Gasteiger partial charge < -0.3 is 4.74 Å². The van der Waals surface area contributed by atoms with Crippen LogP contribution in [0.2, 0.25) is 0 Å². The molecule has 0 aliphatic carbocycles. The van der Waals surface area contributed by atoms with Crippen LogP contribution in [0.25, 0.3) is 0 Å². The largest absolute Gasteiger partial charge is 0.497 e. The van der Waals surface area contributed by atoms with Crippen LogP contribution in [0, 0.1) is 5.82 Å². The number of amides is 2. The van der Waals surface area contributed by atoms with Gasteiger partial charge in [-0.25, -0.2) is 4.39 Å². The Labute approximate surface area is 140 Å². The van der Waals surface area contributed by atoms with E-state index in [1.807, 2.05) is 0 Å². The smallest absolute Gasteiger partial charge is 0.270 e. The Balaban J connectivity index is 1.93. The molecule has 120 valence electrons. The number of benzene rings is 2. The zero-order valence-electron chi connectivity index (χ0n) is 12.2. The highest BCUT2D eigenvalue weighted by Crippen LogP contribution is 2.22. The lowest BCUT2D eigenvalue weighted by Crippen LogP contribution is -2.42. The summed E-state index contributed by atoms with van der Waals surface area (Å²) in [5.74, 6) is -0.742. The summed E-state index contributed by atoms with van der Waals surface area (Å²) < 4.78 is 18.4. The molecule has 7 heteroatoms. The molecular formula is C16H14BrFN2O3. The van der Waals surface area contributed by atoms with Crippen LogP contribution in [-0.4, -0.2) is 18.9 Å². The summed E-state index contributed by atoms with van der Waals surface area (Å²) >= 11 is 3.26. The first-order valence-corrected chi connectivity index (χ1v) is 7.46. The van der Waals surface area contributed by atoms with Crippen molar-refractivity contribution in [2.24, 2.45) is 0 Å². The van der Waals surface area contributed by atoms with Crippen LogP contribution in [0.1, 0.15) is 15.9 Å². The first-order valence-electron chi connectivity index (χ1n) is 6.67. The fraction of sp³-hybridized carbons (Fsp3) is 0.125. The van der Waals surface area contributed by atoms with Crippen LogP contribution < -0.4 is 15.6 Å². The number of hydrogen-bond donors (Lipinski definition) is 2. The number of halogens is 2. The number of hydrazine groups is 1. The maximum absolute atomic E-state index is 12.8. The normalized spacial score (nSPS) is 10.0. The van der Waals surface area contributed by atoms with Crippen molar-refractivity contribution in [3.05, 3.63) is 63.9 Å². The molecule has 0 heterocycles. The van der Waals surface area contributed by atoms with E-state index >= 15 is 0 Å². The van der Waals surface area contributed by atoms with Gasteiger partial charge in [0.1, 0.15) is 11.6 Å². The van der Waals surface area contributed by atoms with Crippen LogP contribution in [-0.2, 0) is 11.2 Å². The molecule has 0 bridgehead atoms. The van der Waals surface area contributed by atoms with Gasteiger partial charge in [0.25, 0.3) is 5.91 Å². The Bertz CT molecular complexity index is 720. The molecule has 2 aromatic carbocycles. The second-order valence-electron chi connectivity index (χ2n) is 4.65. The van der Waals surface area contributed by atoms with Crippen LogP contribution in [0.15, 0.2) is 46.9 Å². The van der Waals surface area contributed by atoms with Crippen molar-refractivity contribution >= 4 is 27.7 Å². The molecule has 23 heavy (non-hydrogen) atoms. The standard InChI is InChI=1S/C16H14BrFN2O3/c1-23-12-6-7-14(17)13(9-12)16(22)20-19-15(21)8-10-2-4-11(18)5-3-10/h2-7,9H,8H2,1H3,(H,19,21)(H,20,22). The Morgan fingerprint density at radius 1 is 1.13 bits per heavy atom. The molecule has 5 nitrogen and oxygen atoms in total. The van der Waals surface area contributed by atoms with Crippen molar-refractivity contribution in [1.82, 2.24) is 10.9 Å². The molecule has 0 radical (unpaired) electrons. The van der Waals surface area contributed by atoms with Crippen LogP contribution in [0.4, 0.5) is 4.39 Å². The van der Waals surface area contributed by atoms with Crippen molar-refractivity contribution in [2.45, 2.75) is 6.42 Å². The topological polar surface area (TPSA) is 67.4 Å². The van der Waals surface area contributed by atoms with Crippen LogP contribution in [0.5, 0.6) is 5.75 Å². The number of ether oxygens (including phenoxy) is 1. The van der Waals surface area contributed by atoms with E-state index in [1.54, 1.807) is 18.2 Å². The molecule has 0 aliphatic rings. The lowest BCUT2D eigenvalue weighted by Gasteiger charge is -2.10. The van der Waals surface area contributed by atoms with E-state index in [-0.39, 0.29) is 12.2 Å². The fourth-order valence-corrected chi connectivity index (χ4v) is 2.26. The van der Waals surface area contributed by atoms with E-state index < -0.39 is 11.8 Å². The first-order chi connectivity index (χ1) is 11.0. The van der Waals surface area contributed by atoms with Gasteiger partial charge in [-0.05, 0) is 51.8 Å². The zero-order valence-corrected chi connectivity index (χ0v) is 13.8. The molecule has 0 aliphatic heterocycles. The number of hydrogen-bond acceptors (Lipinski definition) is 3. The maximum atomic E-state index is 12.8. The number of carbonyl (C=O) groups is 2. The first kappa shape index (κ1) is 17.0. The van der Waals surface area contributed by atoms with Gasteiger partial charge in [-0.3, -0.25) is 20.4 Å². The highest BCUT2D eigenvalue weighted by atomic mass is 79.9. The molecule has 2 amide bonds. The molecule has 0 fully saturated rings. The summed E-state index contributed by atoms with van der Waals surface area (Å²) in [6.07, 6.45) is 0.0276. The molecule has 0 saturated carbocycles. The highest BCUT2D eigenvalue weighted by Gasteiger charge is 2.12. The second-order valence-corrected chi connectivity index (χ2v) is 5.51. The summed E-state index contributed by atoms with van der Waals surface area (Å²) in [4.78, 5) is 23.9. The minimum Gasteiger partial charge on any atom is -0.497 e. The zero-order chi connectivity index (χ0) is 16.8. The third-order valence-corrected chi connectivity index (χ3v) is 3.70. The van der Waals surface area contributed by atoms with Crippen molar-refractivity contribution in [2.75, 3.05) is 7.11 Å². The van der Waals surface area contributed by atoms with Gasteiger partial charge in [-0.2, -0.15) is 0 Å². The Hall–Kier alpha value is -2.41. The average Bonchev–Trinajstić information content (AvgIpc) is 2.55. The summed E-state index contributed by atoms with van der Waals surface area (Å²) in [6.45, 7) is 0. The third-order valence-electron chi connectivity index (χ3n) is 3.01. The van der Waals surface area contributed by atoms with Crippen LogP contribution >= 0.6 is 15.9 Å². The van der Waals surface area contributed by atoms with Crippen molar-refractivity contribution in [1.29, 1.82) is 0 Å². The van der Waals surface area contributed by atoms with Gasteiger partial charge in [0.2, 0.25) is 5.91 Å². The Kier molecular flexibility index (Phi) is 5.70. The molecule has 2 aromatic rings. The molecule has 0 aromatic heterocycles. The van der Waals surface area contributed by atoms with E-state index in [4.69, 9.17) is 4.74 Å². The quantitative estimate of drug-likeness (QED) is 0.801. The third kappa shape index (κ3) is 4.79. The van der Waals surface area contributed by atoms with E-state index in [1.165, 1.54) is 31.4 Å². The van der Waals surface area contributed by atoms with Crippen LogP contribution in [0.3, 0.4) is 0 Å². The molecule has 2 rings (SSSR count). The van der Waals surface area contributed by atoms with Crippen molar-refractivity contribution in [3.63, 3.8) is 0 Å². The lowest BCUT2D eigenvalue weighted by atomic mass is 10.1. The SMILES string of the molecule is COc1ccc(Br)c(C(=O)NNC(=O)Cc2ccc(F)cc2)c1. The number of carbonyl (C=O) groups excluding carboxylic acids is 2. The van der Waals surface area contributed by atoms with E-state index in [2.05, 4.69) is 26.8 Å². The molecule has 0 unspecified atom stereocenters. The van der Waals surface area contributed by atoms with Crippen molar-refractivity contribution in [3.8, 4) is 5.75 Å². The second kappa shape index (κ2) is 7.73. The van der Waals surface area contributed by atoms with E-state index in [0.29, 0.717) is 21.3 Å². The summed E-state index contributed by atoms with van der Waals surface area (Å²) in [7, 11) is 1.50. The molecule has 0 saturated heterocycles. The van der Waals surface area contributed by atoms with Gasteiger partial charge in [0.05, 0.1) is 19.1 Å². The van der Waals surface area contributed by atoms with E-state index in [9.17, 15) is 14.0 Å². The molecule has 0 spiro atoms. The van der Waals surface area contributed by atoms with Crippen molar-refractivity contribution < 1.29 is 18.7 Å². The average molecular weight is 381 g/mol. The fourth-order valence-electron chi connectivity index (χ4n) is 1.83. The van der Waals surface area contributed by atoms with Gasteiger partial charge in [-0.1, -0.05) is 12.1 Å². The lowest BCUT2D eigenvalue weighted by molar-refractivity contribution is -0.121. The predicted octanol–water partition coefficient (Wildman–Crippen LogP) is 2.60. The number of rotatable bonds is 4. The number of nitrogens with one attached hydrogen (secondary N) is 2. The Morgan fingerprint density at radius 3 is 2.48 bits per heavy atom. The maximum Gasteiger partial charge on any atom is 0.270 e. The van der Waals surface area contributed by atoms with Gasteiger partial charge in [0, 0.05) is 4.47 Å². The summed E-state index contributed by atoms with van der Waals surface area (Å²) in [5, 5.41) is 0. The predicted molar refractivity (Wildman–Crippen MR) is 86.4 cm³/mol. The highest BCUT2D eigenvalue weighted by molar-refractivity contribution is 9.10. The monoisotopic (exact) mass is 380 g/mol. The molecule has 0 atom stereocenters. The summed E-state index contributed by atoms with van der Waals surface area (Å²) in [5.41, 5.74) is 5.60. The minimum absolute atomic E-state index is 0.0276. The van der Waals surface area contributed by atoms with Gasteiger partial charge in [-0.15, -0.1) is 0 Å². The van der Waals surface area contributed by atoms with E-state index in [0.717, 1.165) is 0 Å². The number of methoxy groups -OCH3 is 1. The molecule has 2 N–H and O–H groups in total. The van der Waals surface area contributed by atoms with Gasteiger partial charge >= 0.3 is 0 Å². The summed E-state index contributed by atoms with van der Waals surface area (Å²) in [6, 6.07) is 10.5. The Morgan fingerprint density at radius 2 is 1.83 bits per heavy atom. The molecular weight excluding hydrogens is 367 g/mol. The van der Waals surface area contributed by atoms with Gasteiger partial charge in [0.15, 0.2) is 0 Å². The minimum atomic E-state index is -0.483.